The summed E-state index contributed by atoms with van der Waals surface area (Å²) in [6.07, 6.45) is -0.494. The molecule has 1 aliphatic rings. The maximum atomic E-state index is 12.1. The van der Waals surface area contributed by atoms with Gasteiger partial charge in [-0.15, -0.1) is 0 Å². The number of carbonyl (C=O) groups is 1. The van der Waals surface area contributed by atoms with E-state index >= 15 is 0 Å². The predicted molar refractivity (Wildman–Crippen MR) is 113 cm³/mol. The van der Waals surface area contributed by atoms with Gasteiger partial charge in [-0.1, -0.05) is 54.5 Å². The number of fused-ring (bicyclic) bond motifs is 3. The van der Waals surface area contributed by atoms with Gasteiger partial charge in [-0.05, 0) is 47.2 Å². The Kier molecular flexibility index (Phi) is 5.17. The third-order valence-electron chi connectivity index (χ3n) is 4.94. The lowest BCUT2D eigenvalue weighted by Crippen LogP contribution is -2.26. The van der Waals surface area contributed by atoms with Crippen LogP contribution in [0.5, 0.6) is 0 Å². The molecule has 29 heavy (non-hydrogen) atoms. The van der Waals surface area contributed by atoms with E-state index < -0.39 is 6.09 Å². The number of nitrogens with one attached hydrogen (secondary N) is 1. The van der Waals surface area contributed by atoms with Crippen LogP contribution < -0.4 is 11.1 Å². The number of carbonyl (C=O) groups excluding carboxylic acids is 1. The van der Waals surface area contributed by atoms with E-state index in [2.05, 4.69) is 46.4 Å². The number of hydrogen-bond acceptors (Lipinski definition) is 4. The van der Waals surface area contributed by atoms with Crippen molar-refractivity contribution < 1.29 is 9.53 Å². The number of alkyl carbamates (subject to hydrolysis) is 1. The molecule has 1 aromatic heterocycles. The van der Waals surface area contributed by atoms with E-state index in [4.69, 9.17) is 10.5 Å². The molecule has 0 bridgehead atoms. The van der Waals surface area contributed by atoms with E-state index in [1.807, 2.05) is 37.3 Å². The van der Waals surface area contributed by atoms with Crippen LogP contribution in [0.15, 0.2) is 60.7 Å². The van der Waals surface area contributed by atoms with Crippen LogP contribution in [-0.4, -0.2) is 24.2 Å². The second-order valence-electron chi connectivity index (χ2n) is 6.87. The molecule has 0 atom stereocenters. The third-order valence-corrected chi connectivity index (χ3v) is 4.94. The number of aromatic nitrogens is 1. The first-order valence-electron chi connectivity index (χ1n) is 9.44. The topological polar surface area (TPSA) is 77.2 Å². The van der Waals surface area contributed by atoms with E-state index in [1.165, 1.54) is 22.3 Å². The zero-order valence-electron chi connectivity index (χ0n) is 16.1. The number of benzene rings is 2. The fraction of sp³-hybridized carbons (Fsp3) is 0.167. The molecule has 1 amide bonds. The maximum absolute atomic E-state index is 12.1. The van der Waals surface area contributed by atoms with Gasteiger partial charge in [0.15, 0.2) is 0 Å². The number of amides is 1. The number of nitrogens with two attached hydrogens (primary N) is 1. The number of anilines is 1. The highest BCUT2D eigenvalue weighted by Gasteiger charge is 2.28. The summed E-state index contributed by atoms with van der Waals surface area (Å²) < 4.78 is 5.48. The Bertz CT molecular complexity index is 1080. The minimum atomic E-state index is -0.494. The van der Waals surface area contributed by atoms with Crippen molar-refractivity contribution in [2.24, 2.45) is 0 Å². The van der Waals surface area contributed by atoms with Crippen LogP contribution in [0, 0.1) is 18.8 Å². The van der Waals surface area contributed by atoms with E-state index in [0.717, 1.165) is 5.69 Å². The van der Waals surface area contributed by atoms with Crippen LogP contribution in [0.4, 0.5) is 10.5 Å². The van der Waals surface area contributed by atoms with Crippen molar-refractivity contribution in [1.82, 2.24) is 10.3 Å². The molecule has 0 fully saturated rings. The molecule has 1 aliphatic carbocycles. The van der Waals surface area contributed by atoms with E-state index in [0.29, 0.717) is 11.4 Å². The Labute approximate surface area is 169 Å². The minimum absolute atomic E-state index is 0.0375. The monoisotopic (exact) mass is 383 g/mol. The van der Waals surface area contributed by atoms with Gasteiger partial charge >= 0.3 is 6.09 Å². The molecular formula is C24H21N3O2. The van der Waals surface area contributed by atoms with Crippen LogP contribution in [0.25, 0.3) is 11.1 Å². The number of aryl methyl sites for hydroxylation is 1. The molecule has 2 aromatic carbocycles. The number of rotatable bonds is 3. The summed E-state index contributed by atoms with van der Waals surface area (Å²) in [5, 5.41) is 2.66. The Morgan fingerprint density at radius 1 is 1.07 bits per heavy atom. The van der Waals surface area contributed by atoms with Crippen LogP contribution in [0.1, 0.15) is 28.4 Å². The number of nitrogen functional groups attached to an aromatic ring is 1. The van der Waals surface area contributed by atoms with Crippen molar-refractivity contribution in [3.63, 3.8) is 0 Å². The standard InChI is InChI=1S/C24H21N3O2/c1-16-12-13-22(25)23(27-16)11-6-14-26-24(28)29-15-21-19-9-4-2-7-17(19)18-8-3-5-10-20(18)21/h2-5,7-10,12-13,21H,14-15,25H2,1H3,(H,26,28). The van der Waals surface area contributed by atoms with E-state index in [-0.39, 0.29) is 19.1 Å². The van der Waals surface area contributed by atoms with Crippen molar-refractivity contribution >= 4 is 11.8 Å². The van der Waals surface area contributed by atoms with Gasteiger partial charge in [-0.25, -0.2) is 9.78 Å². The first kappa shape index (κ1) is 18.6. The van der Waals surface area contributed by atoms with Crippen molar-refractivity contribution in [2.45, 2.75) is 12.8 Å². The van der Waals surface area contributed by atoms with Gasteiger partial charge in [0, 0.05) is 11.6 Å². The Morgan fingerprint density at radius 3 is 2.41 bits per heavy atom. The van der Waals surface area contributed by atoms with Gasteiger partial charge in [-0.2, -0.15) is 0 Å². The molecule has 0 unspecified atom stereocenters. The summed E-state index contributed by atoms with van der Waals surface area (Å²) in [7, 11) is 0. The maximum Gasteiger partial charge on any atom is 0.407 e. The molecule has 3 aromatic rings. The number of hydrogen-bond donors (Lipinski definition) is 2. The highest BCUT2D eigenvalue weighted by molar-refractivity contribution is 5.79. The smallest absolute Gasteiger partial charge is 0.407 e. The molecule has 0 radical (unpaired) electrons. The van der Waals surface area contributed by atoms with Crippen LogP contribution >= 0.6 is 0 Å². The highest BCUT2D eigenvalue weighted by atomic mass is 16.5. The molecule has 0 saturated heterocycles. The van der Waals surface area contributed by atoms with Crippen LogP contribution in [-0.2, 0) is 4.74 Å². The number of nitrogens with zero attached hydrogens (tertiary/aromatic N) is 1. The van der Waals surface area contributed by atoms with Crippen LogP contribution in [0.3, 0.4) is 0 Å². The van der Waals surface area contributed by atoms with Crippen molar-refractivity contribution in [1.29, 1.82) is 0 Å². The van der Waals surface area contributed by atoms with Gasteiger partial charge in [0.05, 0.1) is 12.2 Å². The van der Waals surface area contributed by atoms with Crippen LogP contribution in [0.2, 0.25) is 0 Å². The molecule has 1 heterocycles. The van der Waals surface area contributed by atoms with Crippen molar-refractivity contribution in [2.75, 3.05) is 18.9 Å². The fourth-order valence-electron chi connectivity index (χ4n) is 3.56. The van der Waals surface area contributed by atoms with Gasteiger partial charge < -0.3 is 15.8 Å². The molecular weight excluding hydrogens is 362 g/mol. The highest BCUT2D eigenvalue weighted by Crippen LogP contribution is 2.44. The lowest BCUT2D eigenvalue weighted by Gasteiger charge is -2.14. The lowest BCUT2D eigenvalue weighted by molar-refractivity contribution is 0.144. The van der Waals surface area contributed by atoms with Gasteiger partial charge in [0.25, 0.3) is 0 Å². The normalized spacial score (nSPS) is 11.8. The van der Waals surface area contributed by atoms with Gasteiger partial charge in [-0.3, -0.25) is 0 Å². The zero-order valence-corrected chi connectivity index (χ0v) is 16.1. The molecule has 3 N–H and O–H groups in total. The summed E-state index contributed by atoms with van der Waals surface area (Å²) in [6, 6.07) is 20.1. The summed E-state index contributed by atoms with van der Waals surface area (Å²) in [6.45, 7) is 2.31. The summed E-state index contributed by atoms with van der Waals surface area (Å²) in [5.74, 6) is 5.77. The second-order valence-corrected chi connectivity index (χ2v) is 6.87. The Hall–Kier alpha value is -3.78. The molecule has 144 valence electrons. The predicted octanol–water partition coefficient (Wildman–Crippen LogP) is 3.86. The Morgan fingerprint density at radius 2 is 1.72 bits per heavy atom. The zero-order chi connectivity index (χ0) is 20.2. The average Bonchev–Trinajstić information content (AvgIpc) is 3.06. The molecule has 4 rings (SSSR count). The molecule has 5 heteroatoms. The second kappa shape index (κ2) is 8.07. The first-order chi connectivity index (χ1) is 14.1. The largest absolute Gasteiger partial charge is 0.449 e. The number of pyridine rings is 1. The summed E-state index contributed by atoms with van der Waals surface area (Å²) in [5.41, 5.74) is 12.5. The quantitative estimate of drug-likeness (QED) is 0.673. The van der Waals surface area contributed by atoms with Gasteiger partial charge in [0.1, 0.15) is 12.3 Å². The minimum Gasteiger partial charge on any atom is -0.449 e. The van der Waals surface area contributed by atoms with E-state index in [1.54, 1.807) is 6.07 Å². The van der Waals surface area contributed by atoms with Crippen molar-refractivity contribution in [3.05, 3.63) is 83.2 Å². The average molecular weight is 383 g/mol. The third kappa shape index (κ3) is 3.92. The molecule has 0 aliphatic heterocycles. The summed E-state index contributed by atoms with van der Waals surface area (Å²) >= 11 is 0. The number of ether oxygens (including phenoxy) is 1. The molecule has 0 spiro atoms. The van der Waals surface area contributed by atoms with E-state index in [9.17, 15) is 4.79 Å². The van der Waals surface area contributed by atoms with Gasteiger partial charge in [0.2, 0.25) is 0 Å². The SMILES string of the molecule is Cc1ccc(N)c(C#CCNC(=O)OCC2c3ccccc3-c3ccccc32)n1. The summed E-state index contributed by atoms with van der Waals surface area (Å²) in [4.78, 5) is 16.4. The first-order valence-corrected chi connectivity index (χ1v) is 9.44. The molecule has 5 nitrogen and oxygen atoms in total. The fourth-order valence-corrected chi connectivity index (χ4v) is 3.56. The Balaban J connectivity index is 1.36. The van der Waals surface area contributed by atoms with Crippen molar-refractivity contribution in [3.8, 4) is 23.0 Å². The molecule has 0 saturated carbocycles. The lowest BCUT2D eigenvalue weighted by atomic mass is 9.98.